The summed E-state index contributed by atoms with van der Waals surface area (Å²) in [6.07, 6.45) is 4.38. The Bertz CT molecular complexity index is 1470. The van der Waals surface area contributed by atoms with Gasteiger partial charge >= 0.3 is 0 Å². The van der Waals surface area contributed by atoms with Gasteiger partial charge in [0.25, 0.3) is 0 Å². The molecule has 7 heteroatoms. The van der Waals surface area contributed by atoms with Crippen molar-refractivity contribution in [2.45, 2.75) is 32.0 Å². The summed E-state index contributed by atoms with van der Waals surface area (Å²) < 4.78 is 8.36. The number of aromatic nitrogens is 2. The predicted octanol–water partition coefficient (Wildman–Crippen LogP) is 5.20. The van der Waals surface area contributed by atoms with Gasteiger partial charge in [0, 0.05) is 24.7 Å². The first-order chi connectivity index (χ1) is 16.6. The number of ether oxygens (including phenoxy) is 1. The van der Waals surface area contributed by atoms with Crippen LogP contribution in [0.5, 0.6) is 11.5 Å². The van der Waals surface area contributed by atoms with Crippen molar-refractivity contribution in [3.05, 3.63) is 89.8 Å². The molecule has 6 rings (SSSR count). The van der Waals surface area contributed by atoms with Gasteiger partial charge in [-0.15, -0.1) is 0 Å². The summed E-state index contributed by atoms with van der Waals surface area (Å²) in [6, 6.07) is 17.3. The molecule has 0 aliphatic carbocycles. The maximum atomic E-state index is 13.3. The SMILES string of the molecule is [C-]#[N+]c1ccc2cc1Oc1ccc3cccc(c3c1)N1CC[C@@H](NCc3cncn3C2C)C1=O. The van der Waals surface area contributed by atoms with E-state index in [0.29, 0.717) is 30.3 Å². The maximum Gasteiger partial charge on any atom is 0.244 e. The number of imidazole rings is 1. The Kier molecular flexibility index (Phi) is 4.82. The highest BCUT2D eigenvalue weighted by molar-refractivity contribution is 6.07. The summed E-state index contributed by atoms with van der Waals surface area (Å²) in [6.45, 7) is 10.9. The van der Waals surface area contributed by atoms with Crippen molar-refractivity contribution in [3.63, 3.8) is 0 Å². The fraction of sp³-hybridized carbons (Fsp3) is 0.222. The van der Waals surface area contributed by atoms with Gasteiger partial charge in [-0.3, -0.25) is 4.79 Å². The predicted molar refractivity (Wildman–Crippen MR) is 130 cm³/mol. The van der Waals surface area contributed by atoms with Crippen LogP contribution < -0.4 is 15.0 Å². The number of carbonyl (C=O) groups excluding carboxylic acids is 1. The third-order valence-corrected chi connectivity index (χ3v) is 6.83. The molecule has 2 aliphatic rings. The molecule has 1 fully saturated rings. The van der Waals surface area contributed by atoms with E-state index in [2.05, 4.69) is 26.6 Å². The summed E-state index contributed by atoms with van der Waals surface area (Å²) in [5, 5.41) is 5.44. The highest BCUT2D eigenvalue weighted by atomic mass is 16.5. The number of rotatable bonds is 0. The molecule has 1 N–H and O–H groups in total. The van der Waals surface area contributed by atoms with Crippen LogP contribution in [0.4, 0.5) is 11.4 Å². The number of fused-ring (bicyclic) bond motifs is 7. The first-order valence-electron chi connectivity index (χ1n) is 11.4. The zero-order valence-electron chi connectivity index (χ0n) is 18.7. The van der Waals surface area contributed by atoms with Crippen LogP contribution in [0, 0.1) is 6.57 Å². The standard InChI is InChI=1S/C27H23N5O2/c1-17-19-7-9-23(28-2)26(12-19)34-21-8-6-18-4-3-5-25(22(18)13-21)31-11-10-24(27(31)33)30-15-20-14-29-16-32(17)20/h3-9,12-14,16-17,24,30H,10-11,15H2,1H3/t17?,24-/m1/s1. The summed E-state index contributed by atoms with van der Waals surface area (Å²) >= 11 is 0. The zero-order valence-corrected chi connectivity index (χ0v) is 18.7. The van der Waals surface area contributed by atoms with Gasteiger partial charge in [-0.2, -0.15) is 0 Å². The monoisotopic (exact) mass is 449 g/mol. The van der Waals surface area contributed by atoms with Crippen LogP contribution >= 0.6 is 0 Å². The molecule has 1 saturated heterocycles. The van der Waals surface area contributed by atoms with Gasteiger partial charge in [-0.05, 0) is 48.6 Å². The summed E-state index contributed by atoms with van der Waals surface area (Å²) in [4.78, 5) is 23.2. The second-order valence-corrected chi connectivity index (χ2v) is 8.78. The van der Waals surface area contributed by atoms with E-state index in [1.807, 2.05) is 65.7 Å². The van der Waals surface area contributed by atoms with Crippen LogP contribution in [0.2, 0.25) is 0 Å². The second-order valence-electron chi connectivity index (χ2n) is 8.78. The van der Waals surface area contributed by atoms with Crippen molar-refractivity contribution in [2.24, 2.45) is 0 Å². The van der Waals surface area contributed by atoms with E-state index in [-0.39, 0.29) is 18.0 Å². The summed E-state index contributed by atoms with van der Waals surface area (Å²) in [5.41, 5.74) is 3.34. The number of nitrogens with one attached hydrogen (secondary N) is 1. The van der Waals surface area contributed by atoms with E-state index in [4.69, 9.17) is 11.3 Å². The van der Waals surface area contributed by atoms with Crippen molar-refractivity contribution >= 4 is 28.1 Å². The molecule has 0 spiro atoms. The minimum absolute atomic E-state index is 0.0201. The molecule has 6 bridgehead atoms. The lowest BCUT2D eigenvalue weighted by Gasteiger charge is -2.22. The molecule has 168 valence electrons. The zero-order chi connectivity index (χ0) is 23.2. The number of nitrogens with zero attached hydrogens (tertiary/aromatic N) is 4. The average Bonchev–Trinajstić information content (AvgIpc) is 3.47. The van der Waals surface area contributed by atoms with Crippen molar-refractivity contribution in [3.8, 4) is 11.5 Å². The second kappa shape index (κ2) is 8.01. The van der Waals surface area contributed by atoms with Crippen LogP contribution in [0.1, 0.15) is 30.6 Å². The molecule has 4 aromatic rings. The molecule has 2 atom stereocenters. The Hall–Kier alpha value is -4.15. The number of hydrogen-bond acceptors (Lipinski definition) is 4. The Morgan fingerprint density at radius 2 is 2.09 bits per heavy atom. The molecule has 7 nitrogen and oxygen atoms in total. The number of amides is 1. The molecule has 1 amide bonds. The van der Waals surface area contributed by atoms with Gasteiger partial charge in [-0.1, -0.05) is 30.3 Å². The van der Waals surface area contributed by atoms with E-state index in [0.717, 1.165) is 34.1 Å². The fourth-order valence-corrected chi connectivity index (χ4v) is 4.94. The number of benzene rings is 3. The fourth-order valence-electron chi connectivity index (χ4n) is 4.94. The summed E-state index contributed by atoms with van der Waals surface area (Å²) in [5.74, 6) is 1.22. The minimum Gasteiger partial charge on any atom is -0.468 e. The first-order valence-corrected chi connectivity index (χ1v) is 11.4. The quantitative estimate of drug-likeness (QED) is 0.375. The topological polar surface area (TPSA) is 63.8 Å². The van der Waals surface area contributed by atoms with Crippen LogP contribution in [0.25, 0.3) is 15.6 Å². The van der Waals surface area contributed by atoms with E-state index in [1.165, 1.54) is 0 Å². The number of carbonyl (C=O) groups is 1. The molecule has 2 aliphatic heterocycles. The van der Waals surface area contributed by atoms with Gasteiger partial charge in [0.05, 0.1) is 36.4 Å². The van der Waals surface area contributed by atoms with E-state index < -0.39 is 0 Å². The molecule has 34 heavy (non-hydrogen) atoms. The third kappa shape index (κ3) is 3.31. The van der Waals surface area contributed by atoms with Crippen LogP contribution in [0.3, 0.4) is 0 Å². The maximum absolute atomic E-state index is 13.3. The molecule has 3 heterocycles. The van der Waals surface area contributed by atoms with Crippen molar-refractivity contribution in [2.75, 3.05) is 11.4 Å². The third-order valence-electron chi connectivity index (χ3n) is 6.83. The van der Waals surface area contributed by atoms with Gasteiger partial charge in [-0.25, -0.2) is 9.83 Å². The average molecular weight is 450 g/mol. The Labute approximate surface area is 197 Å². The van der Waals surface area contributed by atoms with Crippen molar-refractivity contribution in [1.29, 1.82) is 0 Å². The Morgan fingerprint density at radius 3 is 2.97 bits per heavy atom. The van der Waals surface area contributed by atoms with E-state index >= 15 is 0 Å². The van der Waals surface area contributed by atoms with Crippen LogP contribution in [0.15, 0.2) is 67.1 Å². The lowest BCUT2D eigenvalue weighted by atomic mass is 10.1. The van der Waals surface area contributed by atoms with E-state index in [1.54, 1.807) is 6.33 Å². The van der Waals surface area contributed by atoms with Crippen LogP contribution in [-0.2, 0) is 11.3 Å². The van der Waals surface area contributed by atoms with Gasteiger partial charge in [0.15, 0.2) is 0 Å². The number of anilines is 1. The molecule has 0 saturated carbocycles. The van der Waals surface area contributed by atoms with E-state index in [9.17, 15) is 4.79 Å². The summed E-state index contributed by atoms with van der Waals surface area (Å²) in [7, 11) is 0. The lowest BCUT2D eigenvalue weighted by Crippen LogP contribution is -2.38. The molecular formula is C27H23N5O2. The molecule has 1 unspecified atom stereocenters. The highest BCUT2D eigenvalue weighted by Crippen LogP contribution is 2.38. The highest BCUT2D eigenvalue weighted by Gasteiger charge is 2.33. The van der Waals surface area contributed by atoms with Crippen molar-refractivity contribution < 1.29 is 9.53 Å². The molecule has 0 radical (unpaired) electrons. The Morgan fingerprint density at radius 1 is 1.18 bits per heavy atom. The largest absolute Gasteiger partial charge is 0.468 e. The molecule has 1 aromatic heterocycles. The first kappa shape index (κ1) is 20.5. The minimum atomic E-state index is -0.245. The van der Waals surface area contributed by atoms with Gasteiger partial charge in [0.1, 0.15) is 11.5 Å². The number of hydrogen-bond donors (Lipinski definition) is 1. The van der Waals surface area contributed by atoms with Gasteiger partial charge < -0.3 is 19.5 Å². The lowest BCUT2D eigenvalue weighted by molar-refractivity contribution is -0.118. The smallest absolute Gasteiger partial charge is 0.244 e. The van der Waals surface area contributed by atoms with Crippen molar-refractivity contribution in [1.82, 2.24) is 14.9 Å². The molecular weight excluding hydrogens is 426 g/mol. The van der Waals surface area contributed by atoms with Crippen LogP contribution in [-0.4, -0.2) is 28.0 Å². The molecule has 3 aromatic carbocycles. The van der Waals surface area contributed by atoms with Gasteiger partial charge in [0.2, 0.25) is 11.6 Å². The Balaban J connectivity index is 1.53. The normalized spacial score (nSPS) is 19.6.